The molecule has 0 spiro atoms. The van der Waals surface area contributed by atoms with Gasteiger partial charge in [-0.15, -0.1) is 0 Å². The zero-order chi connectivity index (χ0) is 41.9. The van der Waals surface area contributed by atoms with E-state index in [1.54, 1.807) is 18.2 Å². The topological polar surface area (TPSA) is 134 Å². The van der Waals surface area contributed by atoms with E-state index in [0.29, 0.717) is 35.3 Å². The summed E-state index contributed by atoms with van der Waals surface area (Å²) in [5, 5.41) is 30.7. The summed E-state index contributed by atoms with van der Waals surface area (Å²) in [5.74, 6) is 0.0519. The van der Waals surface area contributed by atoms with Gasteiger partial charge in [-0.2, -0.15) is 26.3 Å². The van der Waals surface area contributed by atoms with Crippen LogP contribution in [0.5, 0.6) is 34.5 Å². The van der Waals surface area contributed by atoms with Crippen LogP contribution in [0.1, 0.15) is 38.9 Å². The van der Waals surface area contributed by atoms with Crippen LogP contribution >= 0.6 is 0 Å². The molecule has 0 fully saturated rings. The lowest BCUT2D eigenvalue weighted by Gasteiger charge is -2.47. The van der Waals surface area contributed by atoms with Gasteiger partial charge in [0, 0.05) is 51.8 Å². The molecule has 0 bridgehead atoms. The SMILES string of the molecule is COc1ccc(CNc2ccc(C(F)(F)F)cc2C(O)(c2cccc(OC)c2OC)C(O)(c2cc(C(F)(F)F)ccc2N)c2cccc(OC)c2OC)c(OC)c1. The molecule has 304 valence electrons. The summed E-state index contributed by atoms with van der Waals surface area (Å²) in [4.78, 5) is 0. The van der Waals surface area contributed by atoms with Crippen molar-refractivity contribution >= 4 is 11.4 Å². The summed E-state index contributed by atoms with van der Waals surface area (Å²) in [5.41, 5.74) is -5.30. The van der Waals surface area contributed by atoms with E-state index in [0.717, 1.165) is 18.2 Å². The molecule has 16 heteroatoms. The molecule has 0 aromatic heterocycles. The number of nitrogens with two attached hydrogens (primary N) is 1. The fraction of sp³-hybridized carbons (Fsp3) is 0.268. The van der Waals surface area contributed by atoms with Crippen molar-refractivity contribution in [3.8, 4) is 34.5 Å². The highest BCUT2D eigenvalue weighted by molar-refractivity contribution is 5.70. The minimum absolute atomic E-state index is 0.0603. The van der Waals surface area contributed by atoms with Crippen molar-refractivity contribution in [3.63, 3.8) is 0 Å². The molecule has 0 aliphatic rings. The standard InChI is InChI=1S/C41H40F6N2O8/c1-52-26-16-13-23(35(21-26)55-4)22-49-32-18-15-25(41(45,46)47)20-30(32)39(51,28-10-8-12-34(54-3)37(28)57-6)38(50,27-9-7-11-33(53-2)36(27)56-5)29-19-24(40(42,43)44)14-17-31(29)48/h7-21,49-51H,22,48H2,1-6H3. The average Bonchev–Trinajstić information content (AvgIpc) is 3.20. The van der Waals surface area contributed by atoms with Crippen molar-refractivity contribution in [2.45, 2.75) is 30.1 Å². The van der Waals surface area contributed by atoms with E-state index in [-0.39, 0.29) is 35.2 Å². The lowest BCUT2D eigenvalue weighted by Crippen LogP contribution is -2.52. The zero-order valence-electron chi connectivity index (χ0n) is 31.6. The number of para-hydroxylation sites is 2. The minimum Gasteiger partial charge on any atom is -0.497 e. The van der Waals surface area contributed by atoms with Gasteiger partial charge in [-0.1, -0.05) is 24.3 Å². The first-order chi connectivity index (χ1) is 26.9. The first-order valence-corrected chi connectivity index (χ1v) is 17.0. The van der Waals surface area contributed by atoms with E-state index in [4.69, 9.17) is 34.2 Å². The third-order valence-electron chi connectivity index (χ3n) is 9.58. The van der Waals surface area contributed by atoms with Gasteiger partial charge in [0.25, 0.3) is 0 Å². The number of benzene rings is 5. The number of hydrogen-bond acceptors (Lipinski definition) is 10. The molecule has 0 heterocycles. The summed E-state index contributed by atoms with van der Waals surface area (Å²) in [6, 6.07) is 17.1. The first-order valence-electron chi connectivity index (χ1n) is 17.0. The van der Waals surface area contributed by atoms with Gasteiger partial charge in [0.1, 0.15) is 11.5 Å². The van der Waals surface area contributed by atoms with Crippen molar-refractivity contribution in [2.24, 2.45) is 0 Å². The quantitative estimate of drug-likeness (QED) is 0.0644. The second kappa shape index (κ2) is 16.2. The Morgan fingerprint density at radius 1 is 0.526 bits per heavy atom. The number of halogens is 6. The van der Waals surface area contributed by atoms with Crippen molar-refractivity contribution in [3.05, 3.63) is 130 Å². The van der Waals surface area contributed by atoms with Gasteiger partial charge in [-0.05, 0) is 60.7 Å². The molecule has 57 heavy (non-hydrogen) atoms. The largest absolute Gasteiger partial charge is 0.497 e. The monoisotopic (exact) mass is 802 g/mol. The number of aliphatic hydroxyl groups is 2. The van der Waals surface area contributed by atoms with Crippen LogP contribution in [0.3, 0.4) is 0 Å². The lowest BCUT2D eigenvalue weighted by atomic mass is 9.64. The Hall–Kier alpha value is -6.00. The Morgan fingerprint density at radius 2 is 1.02 bits per heavy atom. The highest BCUT2D eigenvalue weighted by Crippen LogP contribution is 2.59. The summed E-state index contributed by atoms with van der Waals surface area (Å²) in [7, 11) is 7.69. The van der Waals surface area contributed by atoms with Crippen LogP contribution in [-0.4, -0.2) is 52.9 Å². The third-order valence-corrected chi connectivity index (χ3v) is 9.58. The molecule has 0 amide bonds. The Labute approximate surface area is 324 Å². The van der Waals surface area contributed by atoms with Crippen molar-refractivity contribution in [1.29, 1.82) is 0 Å². The Morgan fingerprint density at radius 3 is 1.49 bits per heavy atom. The maximum absolute atomic E-state index is 14.8. The van der Waals surface area contributed by atoms with Crippen LogP contribution in [0.25, 0.3) is 0 Å². The van der Waals surface area contributed by atoms with Crippen molar-refractivity contribution < 1.29 is 65.0 Å². The Bertz CT molecular complexity index is 2230. The van der Waals surface area contributed by atoms with Gasteiger partial charge < -0.3 is 49.7 Å². The Balaban J connectivity index is 2.03. The van der Waals surface area contributed by atoms with Crippen molar-refractivity contribution in [1.82, 2.24) is 0 Å². The fourth-order valence-corrected chi connectivity index (χ4v) is 6.82. The van der Waals surface area contributed by atoms with Gasteiger partial charge in [0.15, 0.2) is 34.2 Å². The van der Waals surface area contributed by atoms with Crippen LogP contribution < -0.4 is 39.5 Å². The smallest absolute Gasteiger partial charge is 0.416 e. The predicted molar refractivity (Wildman–Crippen MR) is 199 cm³/mol. The summed E-state index contributed by atoms with van der Waals surface area (Å²) < 4.78 is 121. The summed E-state index contributed by atoms with van der Waals surface area (Å²) >= 11 is 0. The number of nitrogen functional groups attached to an aromatic ring is 1. The minimum atomic E-state index is -5.03. The van der Waals surface area contributed by atoms with Crippen LogP contribution in [0, 0.1) is 0 Å². The van der Waals surface area contributed by atoms with Crippen LogP contribution in [0.4, 0.5) is 37.7 Å². The molecule has 0 radical (unpaired) electrons. The van der Waals surface area contributed by atoms with Gasteiger partial charge >= 0.3 is 12.4 Å². The molecular weight excluding hydrogens is 762 g/mol. The number of alkyl halides is 6. The van der Waals surface area contributed by atoms with Gasteiger partial charge in [0.2, 0.25) is 0 Å². The van der Waals surface area contributed by atoms with E-state index in [1.165, 1.54) is 79.1 Å². The first kappa shape index (κ1) is 42.1. The van der Waals surface area contributed by atoms with Gasteiger partial charge in [-0.3, -0.25) is 0 Å². The normalized spacial score (nSPS) is 13.9. The second-order valence-corrected chi connectivity index (χ2v) is 12.6. The second-order valence-electron chi connectivity index (χ2n) is 12.6. The molecule has 10 nitrogen and oxygen atoms in total. The number of anilines is 2. The van der Waals surface area contributed by atoms with Gasteiger partial charge in [-0.25, -0.2) is 0 Å². The van der Waals surface area contributed by atoms with Crippen LogP contribution in [0.2, 0.25) is 0 Å². The zero-order valence-corrected chi connectivity index (χ0v) is 31.6. The number of rotatable bonds is 14. The molecule has 5 aromatic rings. The van der Waals surface area contributed by atoms with E-state index in [2.05, 4.69) is 5.32 Å². The molecule has 5 aromatic carbocycles. The molecule has 0 aliphatic heterocycles. The molecule has 5 rings (SSSR count). The number of hydrogen-bond donors (Lipinski definition) is 4. The van der Waals surface area contributed by atoms with E-state index < -0.39 is 62.6 Å². The predicted octanol–water partition coefficient (Wildman–Crippen LogP) is 8.14. The van der Waals surface area contributed by atoms with Gasteiger partial charge in [0.05, 0.1) is 53.8 Å². The fourth-order valence-electron chi connectivity index (χ4n) is 6.82. The van der Waals surface area contributed by atoms with E-state index in [9.17, 15) is 36.6 Å². The van der Waals surface area contributed by atoms with E-state index in [1.807, 2.05) is 0 Å². The van der Waals surface area contributed by atoms with Crippen LogP contribution in [-0.2, 0) is 30.1 Å². The maximum atomic E-state index is 14.8. The number of ether oxygens (including phenoxy) is 6. The molecule has 0 aliphatic carbocycles. The average molecular weight is 803 g/mol. The Kier molecular flexibility index (Phi) is 12.0. The molecule has 0 saturated heterocycles. The molecule has 0 saturated carbocycles. The molecule has 2 atom stereocenters. The molecular formula is C41H40F6N2O8. The highest BCUT2D eigenvalue weighted by atomic mass is 19.4. The number of nitrogens with one attached hydrogen (secondary N) is 1. The molecule has 5 N–H and O–H groups in total. The van der Waals surface area contributed by atoms with Crippen molar-refractivity contribution in [2.75, 3.05) is 53.7 Å². The highest BCUT2D eigenvalue weighted by Gasteiger charge is 2.59. The summed E-state index contributed by atoms with van der Waals surface area (Å²) in [6.07, 6.45) is -10.1. The third kappa shape index (κ3) is 7.61. The molecule has 2 unspecified atom stereocenters. The summed E-state index contributed by atoms with van der Waals surface area (Å²) in [6.45, 7) is -0.149. The number of methoxy groups -OCH3 is 6. The van der Waals surface area contributed by atoms with E-state index >= 15 is 0 Å². The van der Waals surface area contributed by atoms with Crippen LogP contribution in [0.15, 0.2) is 91.0 Å². The lowest BCUT2D eigenvalue weighted by molar-refractivity contribution is -0.140. The maximum Gasteiger partial charge on any atom is 0.416 e.